The van der Waals surface area contributed by atoms with E-state index in [9.17, 15) is 5.11 Å². The Morgan fingerprint density at radius 3 is 2.62 bits per heavy atom. The molecule has 0 saturated heterocycles. The highest BCUT2D eigenvalue weighted by Crippen LogP contribution is 2.26. The number of benzene rings is 2. The summed E-state index contributed by atoms with van der Waals surface area (Å²) in [7, 11) is 0. The van der Waals surface area contributed by atoms with E-state index in [0.717, 1.165) is 20.8 Å². The fourth-order valence-corrected chi connectivity index (χ4v) is 1.92. The molecule has 0 aromatic heterocycles. The van der Waals surface area contributed by atoms with E-state index in [-0.39, 0.29) is 6.61 Å². The van der Waals surface area contributed by atoms with Gasteiger partial charge in [0.15, 0.2) is 0 Å². The van der Waals surface area contributed by atoms with Crippen molar-refractivity contribution >= 4 is 26.7 Å². The third-order valence-corrected chi connectivity index (χ3v) is 2.87. The van der Waals surface area contributed by atoms with Gasteiger partial charge in [-0.05, 0) is 16.8 Å². The Morgan fingerprint density at radius 1 is 1.08 bits per heavy atom. The van der Waals surface area contributed by atoms with Gasteiger partial charge in [-0.15, -0.1) is 0 Å². The summed E-state index contributed by atoms with van der Waals surface area (Å²) in [6.45, 7) is -0.179. The van der Waals surface area contributed by atoms with Crippen molar-refractivity contribution in [3.63, 3.8) is 0 Å². The number of hydrogen-bond donors (Lipinski definition) is 0. The van der Waals surface area contributed by atoms with Crippen molar-refractivity contribution in [1.29, 1.82) is 0 Å². The molecule has 2 aromatic carbocycles. The molecule has 1 radical (unpaired) electrons. The third kappa shape index (κ3) is 1.47. The van der Waals surface area contributed by atoms with E-state index >= 15 is 0 Å². The van der Waals surface area contributed by atoms with Gasteiger partial charge in [-0.3, -0.25) is 0 Å². The molecular weight excluding hydrogens is 228 g/mol. The minimum absolute atomic E-state index is 0.179. The van der Waals surface area contributed by atoms with Gasteiger partial charge in [0.2, 0.25) is 0 Å². The monoisotopic (exact) mass is 235 g/mol. The summed E-state index contributed by atoms with van der Waals surface area (Å²) >= 11 is 3.38. The maximum Gasteiger partial charge on any atom is 0.109 e. The Morgan fingerprint density at radius 2 is 1.85 bits per heavy atom. The maximum atomic E-state index is 10.9. The minimum Gasteiger partial charge on any atom is -0.231 e. The van der Waals surface area contributed by atoms with Crippen LogP contribution in [-0.4, -0.2) is 0 Å². The van der Waals surface area contributed by atoms with Gasteiger partial charge in [0, 0.05) is 10.0 Å². The molecule has 0 aliphatic rings. The first-order chi connectivity index (χ1) is 6.33. The molecule has 0 saturated carbocycles. The van der Waals surface area contributed by atoms with Crippen LogP contribution in [0.25, 0.3) is 10.8 Å². The fraction of sp³-hybridized carbons (Fsp3) is 0.0909. The number of hydrogen-bond acceptors (Lipinski definition) is 0. The Kier molecular flexibility index (Phi) is 2.34. The molecule has 1 nitrogen and oxygen atoms in total. The Labute approximate surface area is 85.1 Å². The van der Waals surface area contributed by atoms with Crippen LogP contribution >= 0.6 is 15.9 Å². The summed E-state index contributed by atoms with van der Waals surface area (Å²) < 4.78 is 0.904. The van der Waals surface area contributed by atoms with E-state index in [1.54, 1.807) is 0 Å². The van der Waals surface area contributed by atoms with Crippen molar-refractivity contribution < 1.29 is 5.11 Å². The molecular formula is C11H8BrO. The van der Waals surface area contributed by atoms with Crippen molar-refractivity contribution in [2.75, 3.05) is 0 Å². The van der Waals surface area contributed by atoms with Crippen LogP contribution in [0.2, 0.25) is 0 Å². The van der Waals surface area contributed by atoms with Crippen molar-refractivity contribution in [1.82, 2.24) is 0 Å². The van der Waals surface area contributed by atoms with E-state index in [1.807, 2.05) is 36.4 Å². The van der Waals surface area contributed by atoms with E-state index in [0.29, 0.717) is 0 Å². The molecule has 2 aromatic rings. The fourth-order valence-electron chi connectivity index (χ4n) is 1.46. The number of fused-ring (bicyclic) bond motifs is 1. The Bertz CT molecular complexity index is 437. The van der Waals surface area contributed by atoms with Crippen LogP contribution in [0.4, 0.5) is 0 Å². The normalized spacial score (nSPS) is 10.6. The molecule has 65 valence electrons. The molecule has 0 fully saturated rings. The lowest BCUT2D eigenvalue weighted by Crippen LogP contribution is -1.86. The minimum atomic E-state index is -0.179. The second kappa shape index (κ2) is 3.48. The van der Waals surface area contributed by atoms with Gasteiger partial charge in [-0.2, -0.15) is 0 Å². The molecule has 0 N–H and O–H groups in total. The van der Waals surface area contributed by atoms with Crippen LogP contribution in [0.1, 0.15) is 5.56 Å². The standard InChI is InChI=1S/C11H8BrO/c12-11-6-5-8-3-1-2-4-9(8)10(11)7-13/h1-6H,7H2. The summed E-state index contributed by atoms with van der Waals surface area (Å²) in [4.78, 5) is 0. The zero-order valence-corrected chi connectivity index (χ0v) is 8.54. The predicted molar refractivity (Wildman–Crippen MR) is 56.0 cm³/mol. The predicted octanol–water partition coefficient (Wildman–Crippen LogP) is 3.53. The molecule has 0 aliphatic heterocycles. The summed E-state index contributed by atoms with van der Waals surface area (Å²) in [5.41, 5.74) is 0.845. The van der Waals surface area contributed by atoms with Gasteiger partial charge in [0.25, 0.3) is 0 Å². The second-order valence-corrected chi connectivity index (χ2v) is 3.75. The quantitative estimate of drug-likeness (QED) is 0.721. The number of rotatable bonds is 1. The average Bonchev–Trinajstić information content (AvgIpc) is 2.18. The van der Waals surface area contributed by atoms with Crippen LogP contribution < -0.4 is 0 Å². The highest BCUT2D eigenvalue weighted by Gasteiger charge is 2.03. The molecule has 0 spiro atoms. The lowest BCUT2D eigenvalue weighted by atomic mass is 10.1. The zero-order chi connectivity index (χ0) is 9.26. The van der Waals surface area contributed by atoms with Crippen LogP contribution in [0.5, 0.6) is 0 Å². The van der Waals surface area contributed by atoms with Gasteiger partial charge in [-0.25, -0.2) is 5.11 Å². The van der Waals surface area contributed by atoms with E-state index in [1.165, 1.54) is 0 Å². The third-order valence-electron chi connectivity index (χ3n) is 2.13. The Hall–Kier alpha value is -0.860. The summed E-state index contributed by atoms with van der Waals surface area (Å²) in [6, 6.07) is 11.9. The first-order valence-electron chi connectivity index (χ1n) is 4.07. The zero-order valence-electron chi connectivity index (χ0n) is 6.96. The van der Waals surface area contributed by atoms with Crippen molar-refractivity contribution in [2.24, 2.45) is 0 Å². The lowest BCUT2D eigenvalue weighted by Gasteiger charge is -2.04. The molecule has 0 unspecified atom stereocenters. The summed E-state index contributed by atoms with van der Waals surface area (Å²) in [6.07, 6.45) is 0. The van der Waals surface area contributed by atoms with Gasteiger partial charge in [0.05, 0.1) is 0 Å². The SMILES string of the molecule is [O]Cc1c(Br)ccc2ccccc12. The topological polar surface area (TPSA) is 19.9 Å². The van der Waals surface area contributed by atoms with E-state index in [2.05, 4.69) is 15.9 Å². The van der Waals surface area contributed by atoms with Crippen molar-refractivity contribution in [3.05, 3.63) is 46.4 Å². The molecule has 2 heteroatoms. The van der Waals surface area contributed by atoms with Crippen LogP contribution in [0.15, 0.2) is 40.9 Å². The highest BCUT2D eigenvalue weighted by atomic mass is 79.9. The second-order valence-electron chi connectivity index (χ2n) is 2.89. The van der Waals surface area contributed by atoms with Crippen LogP contribution in [0, 0.1) is 0 Å². The first-order valence-corrected chi connectivity index (χ1v) is 4.86. The molecule has 0 atom stereocenters. The lowest BCUT2D eigenvalue weighted by molar-refractivity contribution is 0.178. The van der Waals surface area contributed by atoms with E-state index in [4.69, 9.17) is 0 Å². The maximum absolute atomic E-state index is 10.9. The van der Waals surface area contributed by atoms with Crippen LogP contribution in [0.3, 0.4) is 0 Å². The molecule has 0 heterocycles. The summed E-state index contributed by atoms with van der Waals surface area (Å²) in [5, 5.41) is 13.1. The van der Waals surface area contributed by atoms with Gasteiger partial charge in [0.1, 0.15) is 6.61 Å². The number of halogens is 1. The Balaban J connectivity index is 2.84. The van der Waals surface area contributed by atoms with Crippen molar-refractivity contribution in [3.8, 4) is 0 Å². The van der Waals surface area contributed by atoms with Crippen molar-refractivity contribution in [2.45, 2.75) is 6.61 Å². The molecule has 0 amide bonds. The van der Waals surface area contributed by atoms with E-state index < -0.39 is 0 Å². The molecule has 2 rings (SSSR count). The molecule has 0 aliphatic carbocycles. The van der Waals surface area contributed by atoms with Crippen LogP contribution in [-0.2, 0) is 11.7 Å². The molecule has 13 heavy (non-hydrogen) atoms. The average molecular weight is 236 g/mol. The summed E-state index contributed by atoms with van der Waals surface area (Å²) in [5.74, 6) is 0. The smallest absolute Gasteiger partial charge is 0.109 e. The van der Waals surface area contributed by atoms with Gasteiger partial charge < -0.3 is 0 Å². The van der Waals surface area contributed by atoms with Gasteiger partial charge in [-0.1, -0.05) is 46.3 Å². The first kappa shape index (κ1) is 8.73. The molecule has 0 bridgehead atoms. The largest absolute Gasteiger partial charge is 0.231 e. The highest BCUT2D eigenvalue weighted by molar-refractivity contribution is 9.10. The van der Waals surface area contributed by atoms with Gasteiger partial charge >= 0.3 is 0 Å².